The van der Waals surface area contributed by atoms with Gasteiger partial charge in [-0.1, -0.05) is 0 Å². The van der Waals surface area contributed by atoms with E-state index in [0.29, 0.717) is 13.2 Å². The molecule has 0 aliphatic heterocycles. The first-order valence-electron chi connectivity index (χ1n) is 5.62. The van der Waals surface area contributed by atoms with Crippen molar-refractivity contribution in [1.29, 1.82) is 0 Å². The third-order valence-electron chi connectivity index (χ3n) is 2.98. The van der Waals surface area contributed by atoms with Crippen LogP contribution in [0.25, 0.3) is 0 Å². The van der Waals surface area contributed by atoms with Gasteiger partial charge in [0.25, 0.3) is 0 Å². The Hall–Kier alpha value is -0.420. The molecular formula is C12H22N2OS. The lowest BCUT2D eigenvalue weighted by Gasteiger charge is -2.37. The number of thiophene rings is 1. The van der Waals surface area contributed by atoms with Gasteiger partial charge in [-0.2, -0.15) is 11.3 Å². The van der Waals surface area contributed by atoms with Crippen LogP contribution in [0.1, 0.15) is 19.4 Å². The van der Waals surface area contributed by atoms with Crippen LogP contribution in [0.4, 0.5) is 0 Å². The van der Waals surface area contributed by atoms with Crippen LogP contribution < -0.4 is 5.73 Å². The maximum absolute atomic E-state index is 5.86. The second-order valence-corrected chi connectivity index (χ2v) is 5.11. The van der Waals surface area contributed by atoms with Gasteiger partial charge < -0.3 is 10.5 Å². The molecule has 0 radical (unpaired) electrons. The maximum atomic E-state index is 5.86. The largest absolute Gasteiger partial charge is 0.380 e. The van der Waals surface area contributed by atoms with Crippen LogP contribution in [0.15, 0.2) is 16.8 Å². The number of ether oxygens (including phenoxy) is 1. The van der Waals surface area contributed by atoms with Gasteiger partial charge in [0, 0.05) is 19.7 Å². The minimum atomic E-state index is -0.0854. The van der Waals surface area contributed by atoms with Crippen LogP contribution >= 0.6 is 11.3 Å². The van der Waals surface area contributed by atoms with E-state index < -0.39 is 0 Å². The lowest BCUT2D eigenvalue weighted by atomic mass is 10.0. The van der Waals surface area contributed by atoms with Crippen LogP contribution in [0.5, 0.6) is 0 Å². The predicted molar refractivity (Wildman–Crippen MR) is 69.7 cm³/mol. The van der Waals surface area contributed by atoms with E-state index in [9.17, 15) is 0 Å². The Morgan fingerprint density at radius 1 is 1.56 bits per heavy atom. The summed E-state index contributed by atoms with van der Waals surface area (Å²) >= 11 is 1.73. The molecule has 1 heterocycles. The van der Waals surface area contributed by atoms with Crippen molar-refractivity contribution >= 4 is 11.3 Å². The minimum Gasteiger partial charge on any atom is -0.380 e. The Bertz CT molecular complexity index is 289. The summed E-state index contributed by atoms with van der Waals surface area (Å²) in [5.41, 5.74) is 7.11. The standard InChI is InChI=1S/C12H22N2OS/c1-4-15-10-12(2,9-13)14(3)7-11-5-6-16-8-11/h5-6,8H,4,7,9-10,13H2,1-3H3. The van der Waals surface area contributed by atoms with Gasteiger partial charge in [0.05, 0.1) is 12.1 Å². The fraction of sp³-hybridized carbons (Fsp3) is 0.667. The molecule has 1 unspecified atom stereocenters. The van der Waals surface area contributed by atoms with Gasteiger partial charge in [-0.05, 0) is 43.3 Å². The van der Waals surface area contributed by atoms with Crippen molar-refractivity contribution < 1.29 is 4.74 Å². The maximum Gasteiger partial charge on any atom is 0.0659 e. The molecule has 16 heavy (non-hydrogen) atoms. The van der Waals surface area contributed by atoms with Crippen molar-refractivity contribution in [3.63, 3.8) is 0 Å². The van der Waals surface area contributed by atoms with Gasteiger partial charge >= 0.3 is 0 Å². The zero-order valence-electron chi connectivity index (χ0n) is 10.4. The number of rotatable bonds is 7. The molecule has 0 aromatic carbocycles. The molecular weight excluding hydrogens is 220 g/mol. The zero-order valence-corrected chi connectivity index (χ0v) is 11.2. The molecule has 0 aliphatic carbocycles. The van der Waals surface area contributed by atoms with Gasteiger partial charge in [-0.3, -0.25) is 4.90 Å². The number of likely N-dealkylation sites (N-methyl/N-ethyl adjacent to an activating group) is 1. The van der Waals surface area contributed by atoms with Crippen LogP contribution in [-0.2, 0) is 11.3 Å². The lowest BCUT2D eigenvalue weighted by Crippen LogP contribution is -2.52. The molecule has 0 saturated heterocycles. The van der Waals surface area contributed by atoms with Crippen molar-refractivity contribution in [3.05, 3.63) is 22.4 Å². The van der Waals surface area contributed by atoms with Gasteiger partial charge in [0.15, 0.2) is 0 Å². The van der Waals surface area contributed by atoms with Crippen molar-refractivity contribution in [2.45, 2.75) is 25.9 Å². The number of nitrogens with zero attached hydrogens (tertiary/aromatic N) is 1. The third kappa shape index (κ3) is 3.56. The zero-order chi connectivity index (χ0) is 12.0. The topological polar surface area (TPSA) is 38.5 Å². The normalized spacial score (nSPS) is 15.3. The fourth-order valence-corrected chi connectivity index (χ4v) is 2.15. The third-order valence-corrected chi connectivity index (χ3v) is 3.71. The molecule has 0 spiro atoms. The van der Waals surface area contributed by atoms with Crippen LogP contribution in [-0.4, -0.2) is 37.2 Å². The Morgan fingerprint density at radius 3 is 2.81 bits per heavy atom. The first-order valence-corrected chi connectivity index (χ1v) is 6.57. The second-order valence-electron chi connectivity index (χ2n) is 4.33. The van der Waals surface area contributed by atoms with E-state index in [4.69, 9.17) is 10.5 Å². The summed E-state index contributed by atoms with van der Waals surface area (Å²) in [7, 11) is 2.10. The smallest absolute Gasteiger partial charge is 0.0659 e. The van der Waals surface area contributed by atoms with Crippen LogP contribution in [0.3, 0.4) is 0 Å². The SMILES string of the molecule is CCOCC(C)(CN)N(C)Cc1ccsc1. The summed E-state index contributed by atoms with van der Waals surface area (Å²) < 4.78 is 5.51. The second kappa shape index (κ2) is 6.35. The molecule has 1 rings (SSSR count). The highest BCUT2D eigenvalue weighted by atomic mass is 32.1. The van der Waals surface area contributed by atoms with Crippen molar-refractivity contribution in [2.75, 3.05) is 26.8 Å². The van der Waals surface area contributed by atoms with E-state index in [-0.39, 0.29) is 5.54 Å². The number of hydrogen-bond donors (Lipinski definition) is 1. The highest BCUT2D eigenvalue weighted by Gasteiger charge is 2.27. The van der Waals surface area contributed by atoms with E-state index in [2.05, 4.69) is 35.7 Å². The van der Waals surface area contributed by atoms with E-state index >= 15 is 0 Å². The molecule has 3 nitrogen and oxygen atoms in total. The summed E-state index contributed by atoms with van der Waals surface area (Å²) in [5, 5.41) is 4.28. The average Bonchev–Trinajstić information content (AvgIpc) is 2.78. The van der Waals surface area contributed by atoms with Crippen molar-refractivity contribution in [1.82, 2.24) is 4.90 Å². The molecule has 2 N–H and O–H groups in total. The fourth-order valence-electron chi connectivity index (χ4n) is 1.49. The van der Waals surface area contributed by atoms with E-state index in [1.54, 1.807) is 11.3 Å². The van der Waals surface area contributed by atoms with Gasteiger partial charge in [0.2, 0.25) is 0 Å². The predicted octanol–water partition coefficient (Wildman–Crippen LogP) is 1.93. The Kier molecular flexibility index (Phi) is 5.41. The minimum absolute atomic E-state index is 0.0854. The highest BCUT2D eigenvalue weighted by molar-refractivity contribution is 7.07. The number of hydrogen-bond acceptors (Lipinski definition) is 4. The molecule has 0 bridgehead atoms. The van der Waals surface area contributed by atoms with Gasteiger partial charge in [-0.15, -0.1) is 0 Å². The van der Waals surface area contributed by atoms with Crippen LogP contribution in [0.2, 0.25) is 0 Å². The molecule has 92 valence electrons. The van der Waals surface area contributed by atoms with E-state index in [1.807, 2.05) is 6.92 Å². The average molecular weight is 242 g/mol. The van der Waals surface area contributed by atoms with Gasteiger partial charge in [0.1, 0.15) is 0 Å². The Morgan fingerprint density at radius 2 is 2.31 bits per heavy atom. The Balaban J connectivity index is 2.57. The summed E-state index contributed by atoms with van der Waals surface area (Å²) in [5.74, 6) is 0. The molecule has 1 aromatic rings. The number of nitrogens with two attached hydrogens (primary N) is 1. The molecule has 4 heteroatoms. The van der Waals surface area contributed by atoms with E-state index in [1.165, 1.54) is 5.56 Å². The molecule has 0 saturated carbocycles. The van der Waals surface area contributed by atoms with E-state index in [0.717, 1.165) is 13.2 Å². The molecule has 0 fully saturated rings. The summed E-state index contributed by atoms with van der Waals surface area (Å²) in [6.07, 6.45) is 0. The van der Waals surface area contributed by atoms with Crippen molar-refractivity contribution in [2.24, 2.45) is 5.73 Å². The summed E-state index contributed by atoms with van der Waals surface area (Å²) in [6, 6.07) is 2.15. The molecule has 0 amide bonds. The van der Waals surface area contributed by atoms with Crippen molar-refractivity contribution in [3.8, 4) is 0 Å². The Labute approximate surface area is 102 Å². The van der Waals surface area contributed by atoms with Crippen LogP contribution in [0, 0.1) is 0 Å². The summed E-state index contributed by atoms with van der Waals surface area (Å²) in [4.78, 5) is 2.27. The molecule has 1 aromatic heterocycles. The first-order chi connectivity index (χ1) is 7.62. The molecule has 1 atom stereocenters. The quantitative estimate of drug-likeness (QED) is 0.794. The highest BCUT2D eigenvalue weighted by Crippen LogP contribution is 2.17. The lowest BCUT2D eigenvalue weighted by molar-refractivity contribution is 0.0202. The molecule has 0 aliphatic rings. The van der Waals surface area contributed by atoms with Gasteiger partial charge in [-0.25, -0.2) is 0 Å². The monoisotopic (exact) mass is 242 g/mol. The summed E-state index contributed by atoms with van der Waals surface area (Å²) in [6.45, 7) is 7.10. The first kappa shape index (κ1) is 13.6.